The summed E-state index contributed by atoms with van der Waals surface area (Å²) in [5.74, 6) is 0.777. The molecule has 0 unspecified atom stereocenters. The Kier molecular flexibility index (Phi) is 2.75. The molecule has 0 fully saturated rings. The number of methoxy groups -OCH3 is 1. The highest BCUT2D eigenvalue weighted by atomic mass is 19.1. The lowest BCUT2D eigenvalue weighted by atomic mass is 10.0. The number of aromatic nitrogens is 2. The lowest BCUT2D eigenvalue weighted by Crippen LogP contribution is -1.99. The standard InChI is InChI=1S/C12H14FN3O/c1-7-4-11(17-3)8(5-10(7)13)9-6-15-16(2)12(9)14/h4-6H,14H2,1-3H3. The van der Waals surface area contributed by atoms with Crippen molar-refractivity contribution in [3.8, 4) is 16.9 Å². The van der Waals surface area contributed by atoms with E-state index in [9.17, 15) is 4.39 Å². The van der Waals surface area contributed by atoms with E-state index in [1.54, 1.807) is 33.3 Å². The maximum absolute atomic E-state index is 13.6. The lowest BCUT2D eigenvalue weighted by Gasteiger charge is -2.09. The van der Waals surface area contributed by atoms with Gasteiger partial charge < -0.3 is 10.5 Å². The molecule has 0 radical (unpaired) electrons. The van der Waals surface area contributed by atoms with Crippen molar-refractivity contribution in [3.63, 3.8) is 0 Å². The van der Waals surface area contributed by atoms with Crippen LogP contribution in [0.5, 0.6) is 5.75 Å². The first kappa shape index (κ1) is 11.4. The SMILES string of the molecule is COc1cc(C)c(F)cc1-c1cnn(C)c1N. The van der Waals surface area contributed by atoms with E-state index in [0.717, 1.165) is 0 Å². The smallest absolute Gasteiger partial charge is 0.129 e. The Hall–Kier alpha value is -2.04. The third-order valence-electron chi connectivity index (χ3n) is 2.76. The molecule has 0 aliphatic carbocycles. The fraction of sp³-hybridized carbons (Fsp3) is 0.250. The number of hydrogen-bond donors (Lipinski definition) is 1. The summed E-state index contributed by atoms with van der Waals surface area (Å²) in [4.78, 5) is 0. The van der Waals surface area contributed by atoms with E-state index >= 15 is 0 Å². The summed E-state index contributed by atoms with van der Waals surface area (Å²) in [6, 6.07) is 3.07. The number of rotatable bonds is 2. The Morgan fingerprint density at radius 2 is 2.06 bits per heavy atom. The summed E-state index contributed by atoms with van der Waals surface area (Å²) in [5, 5.41) is 4.03. The zero-order valence-corrected chi connectivity index (χ0v) is 9.99. The highest BCUT2D eigenvalue weighted by Gasteiger charge is 2.14. The quantitative estimate of drug-likeness (QED) is 0.867. The molecule has 0 aliphatic rings. The molecule has 17 heavy (non-hydrogen) atoms. The number of halogens is 1. The molecular weight excluding hydrogens is 221 g/mol. The van der Waals surface area contributed by atoms with E-state index in [0.29, 0.717) is 28.3 Å². The van der Waals surface area contributed by atoms with E-state index in [-0.39, 0.29) is 5.82 Å². The molecule has 1 aromatic heterocycles. The van der Waals surface area contributed by atoms with Crippen LogP contribution in [0.3, 0.4) is 0 Å². The van der Waals surface area contributed by atoms with Crippen molar-refractivity contribution in [3.05, 3.63) is 29.7 Å². The molecule has 2 rings (SSSR count). The zero-order valence-electron chi connectivity index (χ0n) is 9.99. The molecule has 90 valence electrons. The van der Waals surface area contributed by atoms with Crippen molar-refractivity contribution >= 4 is 5.82 Å². The monoisotopic (exact) mass is 235 g/mol. The number of hydrogen-bond acceptors (Lipinski definition) is 3. The number of nitrogens with two attached hydrogens (primary N) is 1. The van der Waals surface area contributed by atoms with Crippen molar-refractivity contribution in [2.45, 2.75) is 6.92 Å². The topological polar surface area (TPSA) is 53.1 Å². The molecule has 1 aromatic carbocycles. The van der Waals surface area contributed by atoms with Crippen molar-refractivity contribution in [1.29, 1.82) is 0 Å². The van der Waals surface area contributed by atoms with Crippen LogP contribution in [-0.4, -0.2) is 16.9 Å². The first-order valence-electron chi connectivity index (χ1n) is 5.16. The van der Waals surface area contributed by atoms with Gasteiger partial charge >= 0.3 is 0 Å². The van der Waals surface area contributed by atoms with Crippen LogP contribution in [0.4, 0.5) is 10.2 Å². The van der Waals surface area contributed by atoms with Gasteiger partial charge in [-0.05, 0) is 24.6 Å². The maximum atomic E-state index is 13.6. The second kappa shape index (κ2) is 4.08. The van der Waals surface area contributed by atoms with E-state index in [4.69, 9.17) is 10.5 Å². The average Bonchev–Trinajstić information content (AvgIpc) is 2.63. The molecule has 1 heterocycles. The van der Waals surface area contributed by atoms with E-state index < -0.39 is 0 Å². The summed E-state index contributed by atoms with van der Waals surface area (Å²) < 4.78 is 20.4. The van der Waals surface area contributed by atoms with Crippen LogP contribution in [0.1, 0.15) is 5.56 Å². The predicted molar refractivity (Wildman–Crippen MR) is 64.3 cm³/mol. The van der Waals surface area contributed by atoms with Gasteiger partial charge in [0.15, 0.2) is 0 Å². The number of nitrogen functional groups attached to an aromatic ring is 1. The maximum Gasteiger partial charge on any atom is 0.129 e. The Morgan fingerprint density at radius 3 is 2.59 bits per heavy atom. The van der Waals surface area contributed by atoms with Gasteiger partial charge in [-0.25, -0.2) is 4.39 Å². The van der Waals surface area contributed by atoms with Gasteiger partial charge in [0.1, 0.15) is 17.4 Å². The van der Waals surface area contributed by atoms with Crippen molar-refractivity contribution in [1.82, 2.24) is 9.78 Å². The number of aryl methyl sites for hydroxylation is 2. The fourth-order valence-corrected chi connectivity index (χ4v) is 1.69. The van der Waals surface area contributed by atoms with Crippen LogP contribution in [0.25, 0.3) is 11.1 Å². The molecule has 0 atom stereocenters. The zero-order chi connectivity index (χ0) is 12.6. The third-order valence-corrected chi connectivity index (χ3v) is 2.76. The molecule has 0 aliphatic heterocycles. The fourth-order valence-electron chi connectivity index (χ4n) is 1.69. The normalized spacial score (nSPS) is 10.6. The van der Waals surface area contributed by atoms with Crippen LogP contribution in [-0.2, 0) is 7.05 Å². The van der Waals surface area contributed by atoms with Crippen LogP contribution in [0.2, 0.25) is 0 Å². The second-order valence-corrected chi connectivity index (χ2v) is 3.87. The largest absolute Gasteiger partial charge is 0.496 e. The molecule has 0 spiro atoms. The lowest BCUT2D eigenvalue weighted by molar-refractivity contribution is 0.415. The van der Waals surface area contributed by atoms with Crippen LogP contribution in [0, 0.1) is 12.7 Å². The van der Waals surface area contributed by atoms with Crippen LogP contribution < -0.4 is 10.5 Å². The molecule has 0 saturated heterocycles. The van der Waals surface area contributed by atoms with Crippen LogP contribution in [0.15, 0.2) is 18.3 Å². The third kappa shape index (κ3) is 1.84. The molecule has 4 nitrogen and oxygen atoms in total. The molecule has 0 amide bonds. The minimum Gasteiger partial charge on any atom is -0.496 e. The van der Waals surface area contributed by atoms with Crippen molar-refractivity contribution < 1.29 is 9.13 Å². The Bertz CT molecular complexity index is 563. The molecule has 2 aromatic rings. The Labute approximate surface area is 98.8 Å². The van der Waals surface area contributed by atoms with Gasteiger partial charge in [0.05, 0.1) is 13.3 Å². The summed E-state index contributed by atoms with van der Waals surface area (Å²) in [6.45, 7) is 1.69. The molecule has 2 N–H and O–H groups in total. The van der Waals surface area contributed by atoms with Gasteiger partial charge in [-0.2, -0.15) is 5.10 Å². The number of ether oxygens (including phenoxy) is 1. The molecule has 0 saturated carbocycles. The van der Waals surface area contributed by atoms with Crippen molar-refractivity contribution in [2.24, 2.45) is 7.05 Å². The minimum atomic E-state index is -0.288. The van der Waals surface area contributed by atoms with Crippen LogP contribution >= 0.6 is 0 Å². The van der Waals surface area contributed by atoms with E-state index in [1.165, 1.54) is 10.7 Å². The van der Waals surface area contributed by atoms with Gasteiger partial charge in [0, 0.05) is 18.2 Å². The van der Waals surface area contributed by atoms with Gasteiger partial charge in [0.2, 0.25) is 0 Å². The van der Waals surface area contributed by atoms with Gasteiger partial charge in [-0.15, -0.1) is 0 Å². The molecule has 5 heteroatoms. The second-order valence-electron chi connectivity index (χ2n) is 3.87. The molecular formula is C12H14FN3O. The Morgan fingerprint density at radius 1 is 1.35 bits per heavy atom. The minimum absolute atomic E-state index is 0.288. The Balaban J connectivity index is 2.66. The molecule has 0 bridgehead atoms. The first-order valence-corrected chi connectivity index (χ1v) is 5.16. The predicted octanol–water partition coefficient (Wildman–Crippen LogP) is 2.13. The van der Waals surface area contributed by atoms with Gasteiger partial charge in [-0.3, -0.25) is 4.68 Å². The van der Waals surface area contributed by atoms with Crippen molar-refractivity contribution in [2.75, 3.05) is 12.8 Å². The summed E-state index contributed by atoms with van der Waals surface area (Å²) in [6.07, 6.45) is 1.60. The highest BCUT2D eigenvalue weighted by Crippen LogP contribution is 2.35. The summed E-state index contributed by atoms with van der Waals surface area (Å²) in [5.41, 5.74) is 7.69. The van der Waals surface area contributed by atoms with Gasteiger partial charge in [0.25, 0.3) is 0 Å². The highest BCUT2D eigenvalue weighted by molar-refractivity contribution is 5.78. The van der Waals surface area contributed by atoms with E-state index in [1.807, 2.05) is 0 Å². The number of anilines is 1. The summed E-state index contributed by atoms with van der Waals surface area (Å²) >= 11 is 0. The van der Waals surface area contributed by atoms with E-state index in [2.05, 4.69) is 5.10 Å². The average molecular weight is 235 g/mol. The number of benzene rings is 1. The van der Waals surface area contributed by atoms with Gasteiger partial charge in [-0.1, -0.05) is 0 Å². The number of nitrogens with zero attached hydrogens (tertiary/aromatic N) is 2. The summed E-state index contributed by atoms with van der Waals surface area (Å²) in [7, 11) is 3.28. The first-order chi connectivity index (χ1) is 8.04.